The number of hydrogen-bond donors (Lipinski definition) is 1. The lowest BCUT2D eigenvalue weighted by Gasteiger charge is -2.33. The fourth-order valence-corrected chi connectivity index (χ4v) is 5.54. The lowest BCUT2D eigenvalue weighted by molar-refractivity contribution is -0.386. The second-order valence-corrected chi connectivity index (χ2v) is 13.0. The van der Waals surface area contributed by atoms with E-state index in [1.54, 1.807) is 49.4 Å². The lowest BCUT2D eigenvalue weighted by Crippen LogP contribution is -2.26. The SMILES string of the molecule is CCOc1cc(/C=N/NC(=O)COc2c(Br)cc(C(C)(C)CC(C)(C)C)cc2[N+](=O)[O-])ccc1OC(=O)c1ccccc1Cl. The molecule has 0 unspecified atom stereocenters. The highest BCUT2D eigenvalue weighted by Crippen LogP contribution is 2.43. The first-order valence-corrected chi connectivity index (χ1v) is 14.9. The monoisotopic (exact) mass is 687 g/mol. The molecule has 12 heteroatoms. The second-order valence-electron chi connectivity index (χ2n) is 11.8. The molecule has 0 atom stereocenters. The van der Waals surface area contributed by atoms with Crippen molar-refractivity contribution in [3.05, 3.63) is 90.9 Å². The third-order valence-electron chi connectivity index (χ3n) is 6.29. The molecule has 0 radical (unpaired) electrons. The molecule has 0 saturated heterocycles. The Bertz CT molecular complexity index is 1570. The van der Waals surface area contributed by atoms with Crippen LogP contribution in [-0.2, 0) is 10.2 Å². The number of hydrazone groups is 1. The van der Waals surface area contributed by atoms with Crippen LogP contribution in [0.5, 0.6) is 17.2 Å². The van der Waals surface area contributed by atoms with Crippen molar-refractivity contribution in [3.63, 3.8) is 0 Å². The van der Waals surface area contributed by atoms with E-state index in [9.17, 15) is 19.7 Å². The fourth-order valence-electron chi connectivity index (χ4n) is 4.76. The van der Waals surface area contributed by atoms with Gasteiger partial charge in [0.1, 0.15) is 0 Å². The van der Waals surface area contributed by atoms with Gasteiger partial charge >= 0.3 is 11.7 Å². The summed E-state index contributed by atoms with van der Waals surface area (Å²) in [6.07, 6.45) is 2.16. The van der Waals surface area contributed by atoms with Crippen LogP contribution in [0.25, 0.3) is 0 Å². The number of benzene rings is 3. The molecule has 0 fully saturated rings. The zero-order chi connectivity index (χ0) is 32.7. The van der Waals surface area contributed by atoms with Crippen LogP contribution in [0.1, 0.15) is 69.4 Å². The molecule has 1 N–H and O–H groups in total. The number of carbonyl (C=O) groups excluding carboxylic acids is 2. The summed E-state index contributed by atoms with van der Waals surface area (Å²) in [4.78, 5) is 36.4. The van der Waals surface area contributed by atoms with Gasteiger partial charge in [-0.2, -0.15) is 5.10 Å². The van der Waals surface area contributed by atoms with E-state index in [0.29, 0.717) is 16.6 Å². The molecule has 0 saturated carbocycles. The molecule has 0 aliphatic rings. The Morgan fingerprint density at radius 1 is 1.05 bits per heavy atom. The quantitative estimate of drug-likeness (QED) is 0.0674. The summed E-state index contributed by atoms with van der Waals surface area (Å²) in [6, 6.07) is 14.6. The van der Waals surface area contributed by atoms with E-state index in [-0.39, 0.29) is 44.4 Å². The second kappa shape index (κ2) is 14.7. The molecule has 0 aromatic heterocycles. The van der Waals surface area contributed by atoms with Gasteiger partial charge in [0.05, 0.1) is 32.8 Å². The van der Waals surface area contributed by atoms with Crippen LogP contribution in [0.2, 0.25) is 5.02 Å². The molecule has 0 aliphatic carbocycles. The van der Waals surface area contributed by atoms with Crippen molar-refractivity contribution in [2.75, 3.05) is 13.2 Å². The van der Waals surface area contributed by atoms with Crippen LogP contribution in [0.4, 0.5) is 5.69 Å². The van der Waals surface area contributed by atoms with Crippen molar-refractivity contribution in [2.45, 2.75) is 53.4 Å². The van der Waals surface area contributed by atoms with Gasteiger partial charge in [0.25, 0.3) is 5.91 Å². The van der Waals surface area contributed by atoms with Crippen molar-refractivity contribution in [3.8, 4) is 17.2 Å². The largest absolute Gasteiger partial charge is 0.490 e. The summed E-state index contributed by atoms with van der Waals surface area (Å²) >= 11 is 9.49. The highest BCUT2D eigenvalue weighted by atomic mass is 79.9. The van der Waals surface area contributed by atoms with E-state index in [1.165, 1.54) is 18.3 Å². The summed E-state index contributed by atoms with van der Waals surface area (Å²) in [5.41, 5.74) is 3.30. The normalized spacial score (nSPS) is 11.7. The molecule has 234 valence electrons. The molecule has 0 heterocycles. The van der Waals surface area contributed by atoms with Crippen LogP contribution >= 0.6 is 27.5 Å². The Hall–Kier alpha value is -3.96. The number of nitro benzene ring substituents is 1. The van der Waals surface area contributed by atoms with E-state index >= 15 is 0 Å². The average molecular weight is 689 g/mol. The molecule has 1 amide bonds. The lowest BCUT2D eigenvalue weighted by atomic mass is 9.72. The summed E-state index contributed by atoms with van der Waals surface area (Å²) < 4.78 is 17.0. The maximum absolute atomic E-state index is 12.6. The van der Waals surface area contributed by atoms with Gasteiger partial charge in [-0.1, -0.05) is 58.4 Å². The topological polar surface area (TPSA) is 129 Å². The fraction of sp³-hybridized carbons (Fsp3) is 0.344. The highest BCUT2D eigenvalue weighted by molar-refractivity contribution is 9.10. The molecule has 0 bridgehead atoms. The third-order valence-corrected chi connectivity index (χ3v) is 7.21. The Morgan fingerprint density at radius 3 is 2.39 bits per heavy atom. The van der Waals surface area contributed by atoms with Crippen molar-refractivity contribution in [1.29, 1.82) is 0 Å². The van der Waals surface area contributed by atoms with Crippen LogP contribution in [0.15, 0.2) is 64.2 Å². The molecule has 0 aliphatic heterocycles. The Balaban J connectivity index is 1.68. The van der Waals surface area contributed by atoms with E-state index in [1.807, 2.05) is 13.8 Å². The van der Waals surface area contributed by atoms with E-state index in [0.717, 1.165) is 12.0 Å². The molecule has 44 heavy (non-hydrogen) atoms. The number of nitrogens with one attached hydrogen (secondary N) is 1. The number of nitro groups is 1. The van der Waals surface area contributed by atoms with Crippen LogP contribution in [0.3, 0.4) is 0 Å². The Labute approximate surface area is 270 Å². The third kappa shape index (κ3) is 9.52. The predicted octanol–water partition coefficient (Wildman–Crippen LogP) is 7.87. The van der Waals surface area contributed by atoms with Gasteiger partial charge in [0, 0.05) is 6.07 Å². The molecule has 3 aromatic rings. The zero-order valence-corrected chi connectivity index (χ0v) is 27.7. The number of esters is 1. The van der Waals surface area contributed by atoms with Crippen molar-refractivity contribution >= 4 is 51.3 Å². The Morgan fingerprint density at radius 2 is 1.75 bits per heavy atom. The molecule has 10 nitrogen and oxygen atoms in total. The predicted molar refractivity (Wildman–Crippen MR) is 173 cm³/mol. The number of rotatable bonds is 12. The van der Waals surface area contributed by atoms with E-state index in [4.69, 9.17) is 25.8 Å². The standard InChI is InChI=1S/C32H35BrClN3O7/c1-7-42-27-14-20(12-13-26(27)44-30(39)22-10-8-9-11-24(22)34)17-35-36-28(38)18-43-29-23(33)15-21(16-25(29)37(40)41)32(5,6)19-31(2,3)4/h8-17H,7,18-19H2,1-6H3,(H,36,38)/b35-17+. The number of carbonyl (C=O) groups is 2. The molecule has 0 spiro atoms. The number of nitrogens with zero attached hydrogens (tertiary/aromatic N) is 2. The van der Waals surface area contributed by atoms with Crippen LogP contribution in [-0.4, -0.2) is 36.2 Å². The average Bonchev–Trinajstić information content (AvgIpc) is 2.92. The van der Waals surface area contributed by atoms with Gasteiger partial charge in [-0.15, -0.1) is 0 Å². The first-order valence-electron chi connectivity index (χ1n) is 13.8. The minimum Gasteiger partial charge on any atom is -0.490 e. The van der Waals surface area contributed by atoms with Gasteiger partial charge in [-0.3, -0.25) is 14.9 Å². The maximum Gasteiger partial charge on any atom is 0.345 e. The summed E-state index contributed by atoms with van der Waals surface area (Å²) in [7, 11) is 0. The number of halogens is 2. The van der Waals surface area contributed by atoms with Gasteiger partial charge in [0.2, 0.25) is 5.75 Å². The summed E-state index contributed by atoms with van der Waals surface area (Å²) in [5, 5.41) is 16.1. The van der Waals surface area contributed by atoms with Crippen LogP contribution < -0.4 is 19.6 Å². The molecular formula is C32H35BrClN3O7. The molecular weight excluding hydrogens is 654 g/mol. The minimum atomic E-state index is -0.639. The van der Waals surface area contributed by atoms with Crippen LogP contribution in [0, 0.1) is 15.5 Å². The Kier molecular flexibility index (Phi) is 11.5. The highest BCUT2D eigenvalue weighted by Gasteiger charge is 2.31. The number of amides is 1. The van der Waals surface area contributed by atoms with Crippen molar-refractivity contribution in [1.82, 2.24) is 5.43 Å². The van der Waals surface area contributed by atoms with Gasteiger partial charge in [0.15, 0.2) is 18.1 Å². The van der Waals surface area contributed by atoms with Crippen molar-refractivity contribution in [2.24, 2.45) is 10.5 Å². The van der Waals surface area contributed by atoms with Gasteiger partial charge in [-0.05, 0) is 87.6 Å². The molecule has 3 rings (SSSR count). The first kappa shape index (κ1) is 34.5. The maximum atomic E-state index is 12.6. The smallest absolute Gasteiger partial charge is 0.345 e. The number of ether oxygens (including phenoxy) is 3. The minimum absolute atomic E-state index is 0.00908. The van der Waals surface area contributed by atoms with Gasteiger partial charge < -0.3 is 14.2 Å². The molecule has 3 aromatic carbocycles. The van der Waals surface area contributed by atoms with Gasteiger partial charge in [-0.25, -0.2) is 10.2 Å². The number of hydrogen-bond acceptors (Lipinski definition) is 8. The van der Waals surface area contributed by atoms with E-state index < -0.39 is 23.4 Å². The summed E-state index contributed by atoms with van der Waals surface area (Å²) in [6.45, 7) is 12.0. The first-order chi connectivity index (χ1) is 20.6. The van der Waals surface area contributed by atoms with Crippen molar-refractivity contribution < 1.29 is 28.7 Å². The van der Waals surface area contributed by atoms with E-state index in [2.05, 4.69) is 47.2 Å². The zero-order valence-electron chi connectivity index (χ0n) is 25.4. The summed E-state index contributed by atoms with van der Waals surface area (Å²) in [5.74, 6) is -0.841.